The first-order valence-corrected chi connectivity index (χ1v) is 7.70. The van der Waals surface area contributed by atoms with E-state index in [2.05, 4.69) is 0 Å². The molecular weight excluding hydrogens is 351 g/mol. The van der Waals surface area contributed by atoms with Gasteiger partial charge in [-0.05, 0) is 36.3 Å². The molecule has 0 aliphatic carbocycles. The van der Waals surface area contributed by atoms with Crippen molar-refractivity contribution in [3.63, 3.8) is 0 Å². The molecule has 7 heteroatoms. The minimum absolute atomic E-state index is 0.0867. The first-order chi connectivity index (χ1) is 11.5. The van der Waals surface area contributed by atoms with Crippen molar-refractivity contribution in [2.24, 2.45) is 0 Å². The minimum Gasteiger partial charge on any atom is -0.491 e. The standard InChI is InChI=1S/C17H12Cl2N2O3/c1-2-24-17-15(18)7-11(8-16(17)19)6-13(10-20)12-4-3-5-14(9-12)21(22)23/h3-9H,2H2,1H3/b13-6+. The predicted molar refractivity (Wildman–Crippen MR) is 94.2 cm³/mol. The maximum Gasteiger partial charge on any atom is 0.270 e. The number of benzene rings is 2. The van der Waals surface area contributed by atoms with E-state index in [1.165, 1.54) is 18.2 Å². The molecule has 2 aromatic rings. The number of nitro groups is 1. The summed E-state index contributed by atoms with van der Waals surface area (Å²) in [6.45, 7) is 2.24. The molecule has 2 rings (SSSR count). The molecule has 0 radical (unpaired) electrons. The van der Waals surface area contributed by atoms with Crippen LogP contribution in [0.25, 0.3) is 11.6 Å². The highest BCUT2D eigenvalue weighted by Gasteiger charge is 2.11. The number of halogens is 2. The van der Waals surface area contributed by atoms with Crippen LogP contribution in [0.5, 0.6) is 5.75 Å². The fourth-order valence-electron chi connectivity index (χ4n) is 2.08. The summed E-state index contributed by atoms with van der Waals surface area (Å²) >= 11 is 12.3. The second-order valence-electron chi connectivity index (χ2n) is 4.72. The van der Waals surface area contributed by atoms with Crippen LogP contribution in [-0.4, -0.2) is 11.5 Å². The first kappa shape index (κ1) is 17.8. The van der Waals surface area contributed by atoms with Crippen molar-refractivity contribution in [1.29, 1.82) is 5.26 Å². The van der Waals surface area contributed by atoms with Gasteiger partial charge >= 0.3 is 0 Å². The third kappa shape index (κ3) is 4.05. The molecule has 24 heavy (non-hydrogen) atoms. The van der Waals surface area contributed by atoms with Crippen molar-refractivity contribution in [3.05, 3.63) is 67.7 Å². The number of nitro benzene ring substituents is 1. The lowest BCUT2D eigenvalue weighted by Crippen LogP contribution is -1.94. The molecule has 0 saturated carbocycles. The highest BCUT2D eigenvalue weighted by Crippen LogP contribution is 2.35. The Labute approximate surface area is 148 Å². The van der Waals surface area contributed by atoms with Crippen molar-refractivity contribution in [2.45, 2.75) is 6.92 Å². The lowest BCUT2D eigenvalue weighted by Gasteiger charge is -2.09. The third-order valence-electron chi connectivity index (χ3n) is 3.11. The summed E-state index contributed by atoms with van der Waals surface area (Å²) in [6.07, 6.45) is 1.56. The Hall–Kier alpha value is -2.55. The van der Waals surface area contributed by atoms with Gasteiger partial charge in [0.15, 0.2) is 5.75 Å². The van der Waals surface area contributed by atoms with Gasteiger partial charge in [-0.1, -0.05) is 35.3 Å². The molecule has 0 aliphatic rings. The molecule has 2 aromatic carbocycles. The molecule has 0 N–H and O–H groups in total. The Morgan fingerprint density at radius 1 is 1.33 bits per heavy atom. The van der Waals surface area contributed by atoms with Crippen LogP contribution in [0.1, 0.15) is 18.1 Å². The molecule has 0 spiro atoms. The molecule has 122 valence electrons. The summed E-state index contributed by atoms with van der Waals surface area (Å²) in [4.78, 5) is 10.4. The molecule has 5 nitrogen and oxygen atoms in total. The lowest BCUT2D eigenvalue weighted by atomic mass is 10.0. The van der Waals surface area contributed by atoms with Gasteiger partial charge < -0.3 is 4.74 Å². The quantitative estimate of drug-likeness (QED) is 0.310. The zero-order chi connectivity index (χ0) is 17.7. The van der Waals surface area contributed by atoms with E-state index >= 15 is 0 Å². The van der Waals surface area contributed by atoms with Gasteiger partial charge in [-0.25, -0.2) is 0 Å². The third-order valence-corrected chi connectivity index (χ3v) is 3.67. The van der Waals surface area contributed by atoms with Gasteiger partial charge in [0.2, 0.25) is 0 Å². The van der Waals surface area contributed by atoms with Gasteiger partial charge in [-0.15, -0.1) is 0 Å². The van der Waals surface area contributed by atoms with E-state index in [0.717, 1.165) is 0 Å². The Morgan fingerprint density at radius 3 is 2.54 bits per heavy atom. The van der Waals surface area contributed by atoms with Gasteiger partial charge in [0.1, 0.15) is 0 Å². The number of nitrogens with zero attached hydrogens (tertiary/aromatic N) is 2. The van der Waals surface area contributed by atoms with Crippen molar-refractivity contribution < 1.29 is 9.66 Å². The largest absolute Gasteiger partial charge is 0.491 e. The Balaban J connectivity index is 2.47. The predicted octanol–water partition coefficient (Wildman–Crippen LogP) is 5.36. The monoisotopic (exact) mass is 362 g/mol. The van der Waals surface area contributed by atoms with Crippen LogP contribution in [0.3, 0.4) is 0 Å². The fraction of sp³-hybridized carbons (Fsp3) is 0.118. The van der Waals surface area contributed by atoms with Crippen LogP contribution >= 0.6 is 23.2 Å². The first-order valence-electron chi connectivity index (χ1n) is 6.94. The summed E-state index contributed by atoms with van der Waals surface area (Å²) in [7, 11) is 0. The SMILES string of the molecule is CCOc1c(Cl)cc(/C=C(\C#N)c2cccc([N+](=O)[O-])c2)cc1Cl. The zero-order valence-corrected chi connectivity index (χ0v) is 14.1. The summed E-state index contributed by atoms with van der Waals surface area (Å²) in [5.74, 6) is 0.381. The average Bonchev–Trinajstić information content (AvgIpc) is 2.56. The minimum atomic E-state index is -0.511. The molecule has 0 saturated heterocycles. The normalized spacial score (nSPS) is 11.0. The Morgan fingerprint density at radius 2 is 2.00 bits per heavy atom. The lowest BCUT2D eigenvalue weighted by molar-refractivity contribution is -0.384. The molecule has 0 amide bonds. The number of ether oxygens (including phenoxy) is 1. The van der Waals surface area contributed by atoms with E-state index in [9.17, 15) is 15.4 Å². The van der Waals surface area contributed by atoms with E-state index in [1.807, 2.05) is 13.0 Å². The number of hydrogen-bond donors (Lipinski definition) is 0. The molecule has 0 bridgehead atoms. The van der Waals surface area contributed by atoms with E-state index < -0.39 is 4.92 Å². The fourth-order valence-corrected chi connectivity index (χ4v) is 2.69. The van der Waals surface area contributed by atoms with Crippen LogP contribution in [0.15, 0.2) is 36.4 Å². The second-order valence-corrected chi connectivity index (χ2v) is 5.54. The van der Waals surface area contributed by atoms with Crippen molar-refractivity contribution in [3.8, 4) is 11.8 Å². The molecular formula is C17H12Cl2N2O3. The van der Waals surface area contributed by atoms with Crippen LogP contribution in [0.2, 0.25) is 10.0 Å². The molecule has 0 heterocycles. The van der Waals surface area contributed by atoms with Gasteiger partial charge in [-0.2, -0.15) is 5.26 Å². The van der Waals surface area contributed by atoms with Crippen LogP contribution < -0.4 is 4.74 Å². The van der Waals surface area contributed by atoms with E-state index in [1.54, 1.807) is 24.3 Å². The van der Waals surface area contributed by atoms with Crippen LogP contribution in [0.4, 0.5) is 5.69 Å². The number of non-ortho nitro benzene ring substituents is 1. The van der Waals surface area contributed by atoms with Crippen molar-refractivity contribution in [1.82, 2.24) is 0 Å². The van der Waals surface area contributed by atoms with E-state index in [0.29, 0.717) is 33.5 Å². The highest BCUT2D eigenvalue weighted by atomic mass is 35.5. The van der Waals surface area contributed by atoms with Crippen LogP contribution in [0, 0.1) is 21.4 Å². The van der Waals surface area contributed by atoms with Gasteiger partial charge in [0.25, 0.3) is 5.69 Å². The molecule has 0 atom stereocenters. The maximum atomic E-state index is 10.9. The maximum absolute atomic E-state index is 10.9. The molecule has 0 aliphatic heterocycles. The Bertz CT molecular complexity index is 834. The number of nitriles is 1. The van der Waals surface area contributed by atoms with E-state index in [4.69, 9.17) is 27.9 Å². The second kappa shape index (κ2) is 7.82. The van der Waals surface area contributed by atoms with E-state index in [-0.39, 0.29) is 11.3 Å². The topological polar surface area (TPSA) is 76.2 Å². The number of hydrogen-bond acceptors (Lipinski definition) is 4. The smallest absolute Gasteiger partial charge is 0.270 e. The number of rotatable bonds is 5. The summed E-state index contributed by atoms with van der Waals surface area (Å²) < 4.78 is 5.36. The van der Waals surface area contributed by atoms with Gasteiger partial charge in [-0.3, -0.25) is 10.1 Å². The average molecular weight is 363 g/mol. The summed E-state index contributed by atoms with van der Waals surface area (Å²) in [5, 5.41) is 20.9. The zero-order valence-electron chi connectivity index (χ0n) is 12.6. The van der Waals surface area contributed by atoms with Gasteiger partial charge in [0.05, 0.1) is 33.2 Å². The summed E-state index contributed by atoms with van der Waals surface area (Å²) in [6, 6.07) is 11.1. The van der Waals surface area contributed by atoms with Gasteiger partial charge in [0, 0.05) is 12.1 Å². The molecule has 0 fully saturated rings. The number of allylic oxidation sites excluding steroid dienone is 1. The van der Waals surface area contributed by atoms with Crippen molar-refractivity contribution in [2.75, 3.05) is 6.61 Å². The molecule has 0 aromatic heterocycles. The molecule has 0 unspecified atom stereocenters. The summed E-state index contributed by atoms with van der Waals surface area (Å²) in [5.41, 5.74) is 1.20. The Kier molecular flexibility index (Phi) is 5.80. The van der Waals surface area contributed by atoms with Crippen molar-refractivity contribution >= 4 is 40.5 Å². The highest BCUT2D eigenvalue weighted by molar-refractivity contribution is 6.37. The van der Waals surface area contributed by atoms with Crippen LogP contribution in [-0.2, 0) is 0 Å².